The molecular weight excluding hydrogens is 326 g/mol. The average Bonchev–Trinajstić information content (AvgIpc) is 2.97. The van der Waals surface area contributed by atoms with Gasteiger partial charge in [-0.05, 0) is 19.1 Å². The van der Waals surface area contributed by atoms with Gasteiger partial charge in [0.15, 0.2) is 10.2 Å². The van der Waals surface area contributed by atoms with E-state index in [-0.39, 0.29) is 16.8 Å². The molecule has 1 amide bonds. The van der Waals surface area contributed by atoms with Crippen molar-refractivity contribution in [2.75, 3.05) is 11.1 Å². The van der Waals surface area contributed by atoms with Crippen LogP contribution in [0.4, 0.5) is 5.13 Å². The van der Waals surface area contributed by atoms with Gasteiger partial charge >= 0.3 is 0 Å². The minimum atomic E-state index is -0.217. The Hall–Kier alpha value is -1.51. The van der Waals surface area contributed by atoms with Crippen molar-refractivity contribution in [2.45, 2.75) is 13.8 Å². The fourth-order valence-electron chi connectivity index (χ4n) is 1.86. The van der Waals surface area contributed by atoms with Gasteiger partial charge < -0.3 is 5.32 Å². The Balaban J connectivity index is 1.88. The number of aryl methyl sites for hydroxylation is 1. The van der Waals surface area contributed by atoms with Gasteiger partial charge in [0.05, 0.1) is 31.2 Å². The number of nitrogens with one attached hydrogen (secondary N) is 1. The predicted molar refractivity (Wildman–Crippen MR) is 89.3 cm³/mol. The van der Waals surface area contributed by atoms with Crippen LogP contribution < -0.4 is 5.32 Å². The van der Waals surface area contributed by atoms with E-state index in [0.717, 1.165) is 37.2 Å². The molecule has 0 spiro atoms. The van der Waals surface area contributed by atoms with Gasteiger partial charge in [-0.1, -0.05) is 23.1 Å². The normalized spacial score (nSPS) is 11.1. The van der Waals surface area contributed by atoms with Crippen molar-refractivity contribution in [3.8, 4) is 0 Å². The number of fused-ring (bicyclic) bond motifs is 3. The van der Waals surface area contributed by atoms with Crippen LogP contribution in [0.1, 0.15) is 11.9 Å². The van der Waals surface area contributed by atoms with Crippen LogP contribution in [0.2, 0.25) is 0 Å². The van der Waals surface area contributed by atoms with Crippen molar-refractivity contribution in [2.24, 2.45) is 0 Å². The molecule has 5 nitrogen and oxygen atoms in total. The molecule has 0 unspecified atom stereocenters. The summed E-state index contributed by atoms with van der Waals surface area (Å²) in [6, 6.07) is 3.85. The standard InChI is InChI=1S/C13H11N3O2S3/c1-6-14-8-3-4-9-12(11(8)20-6)21-13(15-9)16-10(18)5-19-7(2)17/h3-4H,5H2,1-2H3,(H,15,16,18). The lowest BCUT2D eigenvalue weighted by molar-refractivity contribution is -0.114. The summed E-state index contributed by atoms with van der Waals surface area (Å²) in [6.45, 7) is 3.41. The number of rotatable bonds is 3. The third-order valence-electron chi connectivity index (χ3n) is 2.67. The minimum Gasteiger partial charge on any atom is -0.301 e. The number of nitrogens with zero attached hydrogens (tertiary/aromatic N) is 2. The summed E-state index contributed by atoms with van der Waals surface area (Å²) < 4.78 is 2.13. The Bertz CT molecular complexity index is 853. The lowest BCUT2D eigenvalue weighted by Gasteiger charge is -1.98. The van der Waals surface area contributed by atoms with E-state index in [1.54, 1.807) is 11.3 Å². The largest absolute Gasteiger partial charge is 0.301 e. The zero-order valence-electron chi connectivity index (χ0n) is 11.3. The van der Waals surface area contributed by atoms with Crippen LogP contribution >= 0.6 is 34.4 Å². The first-order valence-electron chi connectivity index (χ1n) is 6.13. The highest BCUT2D eigenvalue weighted by Crippen LogP contribution is 2.35. The van der Waals surface area contributed by atoms with Gasteiger partial charge in [0.2, 0.25) is 5.91 Å². The second kappa shape index (κ2) is 5.70. The van der Waals surface area contributed by atoms with Crippen molar-refractivity contribution < 1.29 is 9.59 Å². The maximum Gasteiger partial charge on any atom is 0.236 e. The van der Waals surface area contributed by atoms with E-state index in [0.29, 0.717) is 5.13 Å². The monoisotopic (exact) mass is 337 g/mol. The lowest BCUT2D eigenvalue weighted by Crippen LogP contribution is -2.14. The molecule has 3 rings (SSSR count). The zero-order valence-corrected chi connectivity index (χ0v) is 13.7. The van der Waals surface area contributed by atoms with Gasteiger partial charge in [0, 0.05) is 6.92 Å². The quantitative estimate of drug-likeness (QED) is 0.793. The maximum atomic E-state index is 11.7. The molecule has 2 aromatic heterocycles. The Kier molecular flexibility index (Phi) is 3.92. The summed E-state index contributed by atoms with van der Waals surface area (Å²) >= 11 is 4.05. The number of thioether (sulfide) groups is 1. The Morgan fingerprint density at radius 1 is 1.19 bits per heavy atom. The van der Waals surface area contributed by atoms with Crippen molar-refractivity contribution in [3.05, 3.63) is 17.1 Å². The molecule has 1 aromatic carbocycles. The highest BCUT2D eigenvalue weighted by atomic mass is 32.2. The Morgan fingerprint density at radius 3 is 2.57 bits per heavy atom. The molecule has 1 N–H and O–H groups in total. The predicted octanol–water partition coefficient (Wildman–Crippen LogP) is 3.43. The van der Waals surface area contributed by atoms with Gasteiger partial charge in [-0.15, -0.1) is 11.3 Å². The molecule has 0 atom stereocenters. The number of carbonyl (C=O) groups is 2. The van der Waals surface area contributed by atoms with Gasteiger partial charge in [-0.3, -0.25) is 9.59 Å². The Morgan fingerprint density at radius 2 is 1.86 bits per heavy atom. The second-order valence-corrected chi connectivity index (χ2v) is 7.70. The Labute approximate surface area is 132 Å². The first-order valence-corrected chi connectivity index (χ1v) is 8.74. The van der Waals surface area contributed by atoms with Gasteiger partial charge in [-0.25, -0.2) is 9.97 Å². The highest BCUT2D eigenvalue weighted by molar-refractivity contribution is 8.14. The molecular formula is C13H11N3O2S3. The number of amides is 1. The SMILES string of the molecule is CC(=O)SCC(=O)Nc1nc2ccc3nc(C)sc3c2s1. The number of thiazole rings is 2. The molecule has 0 bridgehead atoms. The van der Waals surface area contributed by atoms with Crippen LogP contribution in [0.5, 0.6) is 0 Å². The third kappa shape index (κ3) is 3.07. The van der Waals surface area contributed by atoms with Crippen molar-refractivity contribution in [1.29, 1.82) is 0 Å². The van der Waals surface area contributed by atoms with Crippen molar-refractivity contribution in [3.63, 3.8) is 0 Å². The molecule has 0 aliphatic rings. The molecule has 0 radical (unpaired) electrons. The topological polar surface area (TPSA) is 72.0 Å². The molecule has 0 saturated heterocycles. The van der Waals surface area contributed by atoms with E-state index in [9.17, 15) is 9.59 Å². The minimum absolute atomic E-state index is 0.0729. The number of hydrogen-bond donors (Lipinski definition) is 1. The highest BCUT2D eigenvalue weighted by Gasteiger charge is 2.12. The van der Waals surface area contributed by atoms with Crippen LogP contribution in [0.25, 0.3) is 20.4 Å². The molecule has 0 aliphatic heterocycles. The van der Waals surface area contributed by atoms with Crippen LogP contribution in [0.15, 0.2) is 12.1 Å². The van der Waals surface area contributed by atoms with Crippen LogP contribution in [0, 0.1) is 6.92 Å². The summed E-state index contributed by atoms with van der Waals surface area (Å²) in [7, 11) is 0. The van der Waals surface area contributed by atoms with E-state index in [1.165, 1.54) is 18.3 Å². The molecule has 8 heteroatoms. The van der Waals surface area contributed by atoms with Crippen molar-refractivity contribution in [1.82, 2.24) is 9.97 Å². The summed E-state index contributed by atoms with van der Waals surface area (Å²) in [6.07, 6.45) is 0. The second-order valence-electron chi connectivity index (χ2n) is 4.34. The summed E-state index contributed by atoms with van der Waals surface area (Å²) in [5.41, 5.74) is 1.81. The molecule has 21 heavy (non-hydrogen) atoms. The molecule has 0 fully saturated rings. The number of benzene rings is 1. The van der Waals surface area contributed by atoms with Gasteiger partial charge in [0.1, 0.15) is 0 Å². The zero-order chi connectivity index (χ0) is 15.0. The van der Waals surface area contributed by atoms with E-state index >= 15 is 0 Å². The first-order chi connectivity index (χ1) is 10.0. The molecule has 0 saturated carbocycles. The fraction of sp³-hybridized carbons (Fsp3) is 0.231. The number of hydrogen-bond acceptors (Lipinski definition) is 7. The van der Waals surface area contributed by atoms with E-state index in [4.69, 9.17) is 0 Å². The van der Waals surface area contributed by atoms with E-state index in [2.05, 4.69) is 15.3 Å². The van der Waals surface area contributed by atoms with E-state index < -0.39 is 0 Å². The van der Waals surface area contributed by atoms with E-state index in [1.807, 2.05) is 19.1 Å². The van der Waals surface area contributed by atoms with Crippen molar-refractivity contribution >= 4 is 71.0 Å². The number of carbonyl (C=O) groups excluding carboxylic acids is 2. The number of anilines is 1. The number of aromatic nitrogens is 2. The summed E-state index contributed by atoms with van der Waals surface area (Å²) in [5.74, 6) is -0.105. The summed E-state index contributed by atoms with van der Waals surface area (Å²) in [5, 5.41) is 4.23. The average molecular weight is 337 g/mol. The van der Waals surface area contributed by atoms with Crippen LogP contribution in [-0.4, -0.2) is 26.7 Å². The smallest absolute Gasteiger partial charge is 0.236 e. The molecule has 0 aliphatic carbocycles. The summed E-state index contributed by atoms with van der Waals surface area (Å²) in [4.78, 5) is 31.5. The van der Waals surface area contributed by atoms with Gasteiger partial charge in [-0.2, -0.15) is 0 Å². The lowest BCUT2D eigenvalue weighted by atomic mass is 10.3. The molecule has 3 aromatic rings. The first kappa shape index (κ1) is 14.4. The third-order valence-corrected chi connectivity index (χ3v) is 5.62. The maximum absolute atomic E-state index is 11.7. The van der Waals surface area contributed by atoms with Crippen LogP contribution in [-0.2, 0) is 9.59 Å². The molecule has 108 valence electrons. The fourth-order valence-corrected chi connectivity index (χ4v) is 4.29. The van der Waals surface area contributed by atoms with Crippen LogP contribution in [0.3, 0.4) is 0 Å². The molecule has 2 heterocycles. The van der Waals surface area contributed by atoms with Gasteiger partial charge in [0.25, 0.3) is 0 Å².